The lowest BCUT2D eigenvalue weighted by Gasteiger charge is -2.15. The summed E-state index contributed by atoms with van der Waals surface area (Å²) in [5, 5.41) is 8.38. The van der Waals surface area contributed by atoms with Crippen LogP contribution in [0.25, 0.3) is 0 Å². The Morgan fingerprint density at radius 3 is 2.44 bits per heavy atom. The van der Waals surface area contributed by atoms with Crippen LogP contribution in [0.3, 0.4) is 0 Å². The van der Waals surface area contributed by atoms with E-state index in [1.165, 1.54) is 0 Å². The van der Waals surface area contributed by atoms with Gasteiger partial charge in [-0.1, -0.05) is 30.3 Å². The summed E-state index contributed by atoms with van der Waals surface area (Å²) in [4.78, 5) is 0. The van der Waals surface area contributed by atoms with E-state index in [4.69, 9.17) is 5.73 Å². The van der Waals surface area contributed by atoms with E-state index in [2.05, 4.69) is 28.6 Å². The van der Waals surface area contributed by atoms with Gasteiger partial charge in [-0.2, -0.15) is 0 Å². The summed E-state index contributed by atoms with van der Waals surface area (Å²) in [7, 11) is 0. The number of benzene rings is 1. The van der Waals surface area contributed by atoms with Crippen LogP contribution in [0.5, 0.6) is 0 Å². The highest BCUT2D eigenvalue weighted by atomic mass is 15.3. The Morgan fingerprint density at radius 1 is 1.17 bits per heavy atom. The van der Waals surface area contributed by atoms with Gasteiger partial charge in [-0.05, 0) is 26.3 Å². The molecule has 0 saturated carbocycles. The Bertz CT molecular complexity index is 502. The van der Waals surface area contributed by atoms with E-state index in [1.54, 1.807) is 0 Å². The summed E-state index contributed by atoms with van der Waals surface area (Å²) < 4.78 is 2.14. The zero-order chi connectivity index (χ0) is 13.1. The first-order valence-electron chi connectivity index (χ1n) is 6.30. The van der Waals surface area contributed by atoms with Crippen molar-refractivity contribution in [2.24, 2.45) is 5.73 Å². The van der Waals surface area contributed by atoms with Crippen LogP contribution in [-0.2, 0) is 6.42 Å². The fourth-order valence-electron chi connectivity index (χ4n) is 2.24. The van der Waals surface area contributed by atoms with Crippen LogP contribution in [0.1, 0.15) is 43.1 Å². The van der Waals surface area contributed by atoms with E-state index >= 15 is 0 Å². The van der Waals surface area contributed by atoms with Gasteiger partial charge in [0, 0.05) is 18.5 Å². The Balaban J connectivity index is 2.20. The number of nitrogens with two attached hydrogens (primary N) is 1. The quantitative estimate of drug-likeness (QED) is 0.898. The van der Waals surface area contributed by atoms with Crippen molar-refractivity contribution in [2.75, 3.05) is 0 Å². The summed E-state index contributed by atoms with van der Waals surface area (Å²) >= 11 is 0. The van der Waals surface area contributed by atoms with Gasteiger partial charge >= 0.3 is 0 Å². The molecule has 1 aromatic heterocycles. The van der Waals surface area contributed by atoms with Crippen molar-refractivity contribution in [3.8, 4) is 0 Å². The van der Waals surface area contributed by atoms with Crippen molar-refractivity contribution in [3.05, 3.63) is 47.5 Å². The second-order valence-corrected chi connectivity index (χ2v) is 4.85. The van der Waals surface area contributed by atoms with Crippen LogP contribution >= 0.6 is 0 Å². The first-order valence-corrected chi connectivity index (χ1v) is 6.30. The van der Waals surface area contributed by atoms with Gasteiger partial charge in [0.1, 0.15) is 11.6 Å². The number of aryl methyl sites for hydroxylation is 1. The molecule has 1 atom stereocenters. The lowest BCUT2D eigenvalue weighted by atomic mass is 10.0. The molecule has 96 valence electrons. The van der Waals surface area contributed by atoms with Crippen molar-refractivity contribution in [1.29, 1.82) is 0 Å². The molecule has 0 radical (unpaired) electrons. The molecule has 0 aliphatic heterocycles. The predicted molar refractivity (Wildman–Crippen MR) is 72.2 cm³/mol. The van der Waals surface area contributed by atoms with E-state index in [9.17, 15) is 0 Å². The van der Waals surface area contributed by atoms with Gasteiger partial charge in [0.05, 0.1) is 0 Å². The number of aromatic nitrogens is 3. The first-order chi connectivity index (χ1) is 8.59. The summed E-state index contributed by atoms with van der Waals surface area (Å²) in [6.45, 7) is 6.24. The highest BCUT2D eigenvalue weighted by Gasteiger charge is 2.15. The third-order valence-electron chi connectivity index (χ3n) is 3.08. The van der Waals surface area contributed by atoms with Crippen LogP contribution in [0.4, 0.5) is 0 Å². The minimum Gasteiger partial charge on any atom is -0.324 e. The second-order valence-electron chi connectivity index (χ2n) is 4.85. The molecular formula is C14H20N4. The van der Waals surface area contributed by atoms with Crippen LogP contribution in [0.2, 0.25) is 0 Å². The van der Waals surface area contributed by atoms with E-state index in [-0.39, 0.29) is 6.04 Å². The maximum absolute atomic E-state index is 6.22. The fourth-order valence-corrected chi connectivity index (χ4v) is 2.24. The van der Waals surface area contributed by atoms with Crippen molar-refractivity contribution in [3.63, 3.8) is 0 Å². The van der Waals surface area contributed by atoms with E-state index in [1.807, 2.05) is 37.3 Å². The van der Waals surface area contributed by atoms with Crippen LogP contribution in [0.15, 0.2) is 30.3 Å². The highest BCUT2D eigenvalue weighted by Crippen LogP contribution is 2.18. The normalized spacial score (nSPS) is 12.9. The number of rotatable bonds is 4. The molecule has 1 aromatic carbocycles. The highest BCUT2D eigenvalue weighted by molar-refractivity contribution is 5.19. The number of hydrogen-bond donors (Lipinski definition) is 1. The molecule has 2 N–H and O–H groups in total. The molecule has 4 nitrogen and oxygen atoms in total. The number of nitrogens with zero attached hydrogens (tertiary/aromatic N) is 3. The molecule has 0 fully saturated rings. The van der Waals surface area contributed by atoms with Crippen molar-refractivity contribution in [2.45, 2.75) is 39.3 Å². The minimum absolute atomic E-state index is 0.0349. The molecule has 1 unspecified atom stereocenters. The first kappa shape index (κ1) is 12.8. The van der Waals surface area contributed by atoms with Gasteiger partial charge in [-0.25, -0.2) is 0 Å². The van der Waals surface area contributed by atoms with Crippen LogP contribution < -0.4 is 5.73 Å². The zero-order valence-electron chi connectivity index (χ0n) is 11.2. The van der Waals surface area contributed by atoms with Crippen molar-refractivity contribution in [1.82, 2.24) is 14.8 Å². The molecule has 0 spiro atoms. The van der Waals surface area contributed by atoms with E-state index < -0.39 is 0 Å². The second kappa shape index (κ2) is 5.31. The van der Waals surface area contributed by atoms with Crippen molar-refractivity contribution < 1.29 is 0 Å². The maximum atomic E-state index is 6.22. The summed E-state index contributed by atoms with van der Waals surface area (Å²) in [6, 6.07) is 10.4. The van der Waals surface area contributed by atoms with Crippen LogP contribution in [-0.4, -0.2) is 14.8 Å². The lowest BCUT2D eigenvalue weighted by molar-refractivity contribution is 0.536. The van der Waals surface area contributed by atoms with Gasteiger partial charge in [0.15, 0.2) is 0 Å². The third kappa shape index (κ3) is 2.59. The molecule has 0 bridgehead atoms. The number of hydrogen-bond acceptors (Lipinski definition) is 3. The monoisotopic (exact) mass is 244 g/mol. The molecule has 0 aliphatic carbocycles. The smallest absolute Gasteiger partial charge is 0.135 e. The minimum atomic E-state index is -0.0349. The Kier molecular flexibility index (Phi) is 3.77. The molecule has 0 saturated heterocycles. The largest absolute Gasteiger partial charge is 0.324 e. The summed E-state index contributed by atoms with van der Waals surface area (Å²) in [5.74, 6) is 1.90. The zero-order valence-corrected chi connectivity index (χ0v) is 11.2. The lowest BCUT2D eigenvalue weighted by Crippen LogP contribution is -2.17. The molecule has 18 heavy (non-hydrogen) atoms. The molecular weight excluding hydrogens is 224 g/mol. The summed E-state index contributed by atoms with van der Waals surface area (Å²) in [6.07, 6.45) is 0.711. The SMILES string of the molecule is Cc1nnc(CC(N)c2ccccc2)n1C(C)C. The Hall–Kier alpha value is -1.68. The average molecular weight is 244 g/mol. The fraction of sp³-hybridized carbons (Fsp3) is 0.429. The molecule has 0 aliphatic rings. The molecule has 0 amide bonds. The van der Waals surface area contributed by atoms with E-state index in [0.29, 0.717) is 12.5 Å². The van der Waals surface area contributed by atoms with Crippen LogP contribution in [0, 0.1) is 6.92 Å². The Morgan fingerprint density at radius 2 is 1.83 bits per heavy atom. The van der Waals surface area contributed by atoms with E-state index in [0.717, 1.165) is 17.2 Å². The van der Waals surface area contributed by atoms with Gasteiger partial charge in [-0.3, -0.25) is 0 Å². The van der Waals surface area contributed by atoms with Gasteiger partial charge in [-0.15, -0.1) is 10.2 Å². The topological polar surface area (TPSA) is 56.7 Å². The van der Waals surface area contributed by atoms with Crippen molar-refractivity contribution >= 4 is 0 Å². The summed E-state index contributed by atoms with van der Waals surface area (Å²) in [5.41, 5.74) is 7.36. The van der Waals surface area contributed by atoms with Gasteiger partial charge in [0.25, 0.3) is 0 Å². The maximum Gasteiger partial charge on any atom is 0.135 e. The average Bonchev–Trinajstić information content (AvgIpc) is 2.71. The standard InChI is InChI=1S/C14H20N4/c1-10(2)18-11(3)16-17-14(18)9-13(15)12-7-5-4-6-8-12/h4-8,10,13H,9,15H2,1-3H3. The van der Waals surface area contributed by atoms with Gasteiger partial charge in [0.2, 0.25) is 0 Å². The predicted octanol–water partition coefficient (Wildman–Crippen LogP) is 2.41. The molecule has 1 heterocycles. The molecule has 2 aromatic rings. The molecule has 2 rings (SSSR count). The molecule has 4 heteroatoms. The third-order valence-corrected chi connectivity index (χ3v) is 3.08. The van der Waals surface area contributed by atoms with Gasteiger partial charge < -0.3 is 10.3 Å². The Labute approximate surface area is 108 Å².